The standard InChI is InChI=1S/C16H12N2S2/c1-3-10-17-15(8-1)19-13-6-5-7-14(12-13)20-16-9-2-4-11-18-16/h1-12H. The molecule has 3 rings (SSSR count). The Morgan fingerprint density at radius 2 is 1.15 bits per heavy atom. The van der Waals surface area contributed by atoms with Gasteiger partial charge in [0.05, 0.1) is 0 Å². The number of benzene rings is 1. The Balaban J connectivity index is 1.76. The lowest BCUT2D eigenvalue weighted by Crippen LogP contribution is -1.80. The number of hydrogen-bond acceptors (Lipinski definition) is 4. The van der Waals surface area contributed by atoms with E-state index in [1.54, 1.807) is 23.5 Å². The van der Waals surface area contributed by atoms with E-state index < -0.39 is 0 Å². The zero-order valence-corrected chi connectivity index (χ0v) is 12.3. The summed E-state index contributed by atoms with van der Waals surface area (Å²) in [7, 11) is 0. The lowest BCUT2D eigenvalue weighted by atomic mass is 10.4. The van der Waals surface area contributed by atoms with Gasteiger partial charge in [-0.25, -0.2) is 9.97 Å². The monoisotopic (exact) mass is 296 g/mol. The van der Waals surface area contributed by atoms with Crippen LogP contribution in [-0.2, 0) is 0 Å². The van der Waals surface area contributed by atoms with Gasteiger partial charge in [0, 0.05) is 22.2 Å². The lowest BCUT2D eigenvalue weighted by molar-refractivity contribution is 1.12. The fourth-order valence-electron chi connectivity index (χ4n) is 1.66. The van der Waals surface area contributed by atoms with E-state index in [9.17, 15) is 0 Å². The predicted octanol–water partition coefficient (Wildman–Crippen LogP) is 4.78. The van der Waals surface area contributed by atoms with Crippen molar-refractivity contribution in [2.24, 2.45) is 0 Å². The maximum absolute atomic E-state index is 4.33. The maximum Gasteiger partial charge on any atom is 0.101 e. The highest BCUT2D eigenvalue weighted by Gasteiger charge is 2.02. The molecule has 2 heterocycles. The van der Waals surface area contributed by atoms with Crippen molar-refractivity contribution < 1.29 is 0 Å². The van der Waals surface area contributed by atoms with E-state index in [1.165, 1.54) is 9.79 Å². The van der Waals surface area contributed by atoms with E-state index >= 15 is 0 Å². The summed E-state index contributed by atoms with van der Waals surface area (Å²) in [4.78, 5) is 11.0. The van der Waals surface area contributed by atoms with Crippen LogP contribution in [0.2, 0.25) is 0 Å². The number of rotatable bonds is 4. The van der Waals surface area contributed by atoms with Crippen LogP contribution in [0.5, 0.6) is 0 Å². The molecule has 0 spiro atoms. The quantitative estimate of drug-likeness (QED) is 0.692. The molecule has 0 saturated carbocycles. The first-order chi connectivity index (χ1) is 9.90. The van der Waals surface area contributed by atoms with Crippen molar-refractivity contribution in [3.05, 3.63) is 73.1 Å². The second-order valence-electron chi connectivity index (χ2n) is 4.01. The van der Waals surface area contributed by atoms with Crippen LogP contribution in [0, 0.1) is 0 Å². The van der Waals surface area contributed by atoms with Crippen molar-refractivity contribution >= 4 is 23.5 Å². The molecule has 0 aliphatic rings. The molecule has 0 N–H and O–H groups in total. The molecule has 0 aliphatic carbocycles. The van der Waals surface area contributed by atoms with E-state index in [2.05, 4.69) is 34.2 Å². The van der Waals surface area contributed by atoms with Crippen molar-refractivity contribution in [3.8, 4) is 0 Å². The minimum absolute atomic E-state index is 1.01. The van der Waals surface area contributed by atoms with Gasteiger partial charge in [0.1, 0.15) is 10.1 Å². The van der Waals surface area contributed by atoms with Gasteiger partial charge in [-0.15, -0.1) is 0 Å². The van der Waals surface area contributed by atoms with Gasteiger partial charge < -0.3 is 0 Å². The first kappa shape index (κ1) is 13.2. The summed E-state index contributed by atoms with van der Waals surface area (Å²) in [6.45, 7) is 0. The number of nitrogens with zero attached hydrogens (tertiary/aromatic N) is 2. The molecule has 0 atom stereocenters. The summed E-state index contributed by atoms with van der Waals surface area (Å²) in [5.41, 5.74) is 0. The zero-order chi connectivity index (χ0) is 13.6. The molecule has 3 aromatic rings. The molecule has 0 fully saturated rings. The highest BCUT2D eigenvalue weighted by molar-refractivity contribution is 8.00. The molecule has 0 bridgehead atoms. The Morgan fingerprint density at radius 1 is 0.600 bits per heavy atom. The van der Waals surface area contributed by atoms with E-state index in [4.69, 9.17) is 0 Å². The zero-order valence-electron chi connectivity index (χ0n) is 10.6. The minimum Gasteiger partial charge on any atom is -0.250 e. The second kappa shape index (κ2) is 6.59. The Morgan fingerprint density at radius 3 is 1.60 bits per heavy atom. The first-order valence-electron chi connectivity index (χ1n) is 6.18. The highest BCUT2D eigenvalue weighted by Crippen LogP contribution is 2.31. The Labute approximate surface area is 126 Å². The summed E-state index contributed by atoms with van der Waals surface area (Å²) in [6, 6.07) is 20.3. The maximum atomic E-state index is 4.33. The van der Waals surface area contributed by atoms with Gasteiger partial charge >= 0.3 is 0 Å². The fourth-order valence-corrected chi connectivity index (χ4v) is 3.40. The van der Waals surface area contributed by atoms with Crippen LogP contribution in [0.3, 0.4) is 0 Å². The molecule has 98 valence electrons. The Hall–Kier alpha value is -1.78. The van der Waals surface area contributed by atoms with Crippen LogP contribution in [0.4, 0.5) is 0 Å². The molecular weight excluding hydrogens is 284 g/mol. The van der Waals surface area contributed by atoms with E-state index in [-0.39, 0.29) is 0 Å². The minimum atomic E-state index is 1.01. The molecule has 4 heteroatoms. The van der Waals surface area contributed by atoms with E-state index in [0.29, 0.717) is 0 Å². The molecule has 2 aromatic heterocycles. The third kappa shape index (κ3) is 3.62. The summed E-state index contributed by atoms with van der Waals surface area (Å²) in [5, 5.41) is 2.01. The molecular formula is C16H12N2S2. The molecule has 0 saturated heterocycles. The molecule has 0 aliphatic heterocycles. The third-order valence-electron chi connectivity index (χ3n) is 2.53. The average molecular weight is 296 g/mol. The van der Waals surface area contributed by atoms with Crippen molar-refractivity contribution in [1.82, 2.24) is 9.97 Å². The van der Waals surface area contributed by atoms with Gasteiger partial charge in [0.25, 0.3) is 0 Å². The van der Waals surface area contributed by atoms with Gasteiger partial charge in [0.15, 0.2) is 0 Å². The summed E-state index contributed by atoms with van der Waals surface area (Å²) in [6.07, 6.45) is 3.63. The topological polar surface area (TPSA) is 25.8 Å². The van der Waals surface area contributed by atoms with Crippen LogP contribution < -0.4 is 0 Å². The summed E-state index contributed by atoms with van der Waals surface area (Å²) >= 11 is 3.33. The molecule has 0 radical (unpaired) electrons. The van der Waals surface area contributed by atoms with Crippen LogP contribution in [-0.4, -0.2) is 9.97 Å². The Kier molecular flexibility index (Phi) is 4.35. The Bertz CT molecular complexity index is 616. The van der Waals surface area contributed by atoms with E-state index in [0.717, 1.165) is 10.1 Å². The fraction of sp³-hybridized carbons (Fsp3) is 0. The van der Waals surface area contributed by atoms with Crippen molar-refractivity contribution in [1.29, 1.82) is 0 Å². The average Bonchev–Trinajstić information content (AvgIpc) is 2.50. The molecule has 1 aromatic carbocycles. The summed E-state index contributed by atoms with van der Waals surface area (Å²) < 4.78 is 0. The predicted molar refractivity (Wildman–Crippen MR) is 83.2 cm³/mol. The first-order valence-corrected chi connectivity index (χ1v) is 7.81. The second-order valence-corrected chi connectivity index (χ2v) is 6.20. The number of hydrogen-bond donors (Lipinski definition) is 0. The number of pyridine rings is 2. The summed E-state index contributed by atoms with van der Waals surface area (Å²) in [5.74, 6) is 0. The molecule has 20 heavy (non-hydrogen) atoms. The van der Waals surface area contributed by atoms with Crippen LogP contribution in [0.25, 0.3) is 0 Å². The van der Waals surface area contributed by atoms with Crippen LogP contribution >= 0.6 is 23.5 Å². The lowest BCUT2D eigenvalue weighted by Gasteiger charge is -2.04. The molecule has 0 unspecified atom stereocenters. The van der Waals surface area contributed by atoms with Gasteiger partial charge in [-0.05, 0) is 42.5 Å². The van der Waals surface area contributed by atoms with Crippen LogP contribution in [0.15, 0.2) is 92.9 Å². The van der Waals surface area contributed by atoms with Crippen molar-refractivity contribution in [2.75, 3.05) is 0 Å². The highest BCUT2D eigenvalue weighted by atomic mass is 32.2. The normalized spacial score (nSPS) is 10.4. The smallest absolute Gasteiger partial charge is 0.101 e. The van der Waals surface area contributed by atoms with Crippen LogP contribution in [0.1, 0.15) is 0 Å². The van der Waals surface area contributed by atoms with Gasteiger partial charge in [-0.1, -0.05) is 41.7 Å². The largest absolute Gasteiger partial charge is 0.250 e. The van der Waals surface area contributed by atoms with Gasteiger partial charge in [-0.2, -0.15) is 0 Å². The molecule has 2 nitrogen and oxygen atoms in total. The van der Waals surface area contributed by atoms with Gasteiger partial charge in [-0.3, -0.25) is 0 Å². The van der Waals surface area contributed by atoms with Crippen molar-refractivity contribution in [3.63, 3.8) is 0 Å². The number of aromatic nitrogens is 2. The van der Waals surface area contributed by atoms with Gasteiger partial charge in [0.2, 0.25) is 0 Å². The van der Waals surface area contributed by atoms with Crippen molar-refractivity contribution in [2.45, 2.75) is 19.8 Å². The third-order valence-corrected chi connectivity index (χ3v) is 4.41. The molecule has 0 amide bonds. The van der Waals surface area contributed by atoms with E-state index in [1.807, 2.05) is 48.8 Å². The SMILES string of the molecule is c1ccc(Sc2cccc(Sc3ccccn3)c2)nc1.